The maximum atomic E-state index is 12.7. The molecule has 10 nitrogen and oxygen atoms in total. The lowest BCUT2D eigenvalue weighted by Gasteiger charge is -2.12. The molecule has 0 heterocycles. The van der Waals surface area contributed by atoms with Crippen LogP contribution < -0.4 is 35.3 Å². The van der Waals surface area contributed by atoms with E-state index in [1.807, 2.05) is 0 Å². The van der Waals surface area contributed by atoms with Crippen LogP contribution >= 0.6 is 0 Å². The molecule has 3 aromatic rings. The van der Waals surface area contributed by atoms with Crippen molar-refractivity contribution in [3.05, 3.63) is 72.3 Å². The van der Waals surface area contributed by atoms with E-state index in [-0.39, 0.29) is 30.6 Å². The van der Waals surface area contributed by atoms with Crippen molar-refractivity contribution >= 4 is 29.1 Å². The molecule has 0 saturated heterocycles. The number of primary amides is 1. The van der Waals surface area contributed by atoms with Gasteiger partial charge in [0.25, 0.3) is 17.7 Å². The monoisotopic (exact) mass is 479 g/mol. The second-order valence-electron chi connectivity index (χ2n) is 7.14. The molecular weight excluding hydrogens is 454 g/mol. The number of anilines is 2. The van der Waals surface area contributed by atoms with Gasteiger partial charge in [-0.15, -0.1) is 0 Å². The highest BCUT2D eigenvalue weighted by molar-refractivity contribution is 6.05. The molecule has 35 heavy (non-hydrogen) atoms. The Hall–Kier alpha value is -4.73. The molecule has 0 bridgehead atoms. The minimum Gasteiger partial charge on any atom is -0.493 e. The van der Waals surface area contributed by atoms with Crippen LogP contribution in [0.3, 0.4) is 0 Å². The molecular formula is C25H25N3O7. The molecule has 0 aliphatic heterocycles. The molecule has 3 amide bonds. The van der Waals surface area contributed by atoms with Crippen LogP contribution in [0.4, 0.5) is 11.4 Å². The van der Waals surface area contributed by atoms with Crippen LogP contribution in [0.1, 0.15) is 10.4 Å². The number of amides is 3. The van der Waals surface area contributed by atoms with Gasteiger partial charge >= 0.3 is 0 Å². The van der Waals surface area contributed by atoms with Crippen molar-refractivity contribution in [3.63, 3.8) is 0 Å². The molecule has 0 aliphatic carbocycles. The fourth-order valence-electron chi connectivity index (χ4n) is 3.03. The van der Waals surface area contributed by atoms with Crippen LogP contribution in [-0.2, 0) is 9.59 Å². The summed E-state index contributed by atoms with van der Waals surface area (Å²) in [4.78, 5) is 36.0. The minimum atomic E-state index is -0.632. The summed E-state index contributed by atoms with van der Waals surface area (Å²) < 4.78 is 21.2. The van der Waals surface area contributed by atoms with Crippen molar-refractivity contribution in [2.45, 2.75) is 0 Å². The van der Waals surface area contributed by atoms with E-state index in [4.69, 9.17) is 24.7 Å². The van der Waals surface area contributed by atoms with Crippen molar-refractivity contribution in [1.29, 1.82) is 0 Å². The Bertz CT molecular complexity index is 1210. The van der Waals surface area contributed by atoms with Gasteiger partial charge in [0.15, 0.2) is 36.2 Å². The van der Waals surface area contributed by atoms with Crippen molar-refractivity contribution in [2.75, 3.05) is 38.1 Å². The van der Waals surface area contributed by atoms with Gasteiger partial charge in [0.05, 0.1) is 14.2 Å². The molecule has 0 saturated carbocycles. The number of hydrogen-bond acceptors (Lipinski definition) is 7. The molecule has 0 atom stereocenters. The number of nitrogens with two attached hydrogens (primary N) is 1. The summed E-state index contributed by atoms with van der Waals surface area (Å²) in [5.41, 5.74) is 6.33. The zero-order chi connectivity index (χ0) is 25.2. The van der Waals surface area contributed by atoms with E-state index in [0.717, 1.165) is 0 Å². The number of carbonyl (C=O) groups excluding carboxylic acids is 3. The molecule has 182 valence electrons. The minimum absolute atomic E-state index is 0.221. The van der Waals surface area contributed by atoms with Gasteiger partial charge in [-0.3, -0.25) is 14.4 Å². The Morgan fingerprint density at radius 2 is 1.34 bits per heavy atom. The van der Waals surface area contributed by atoms with Gasteiger partial charge in [0.1, 0.15) is 0 Å². The quantitative estimate of drug-likeness (QED) is 0.384. The van der Waals surface area contributed by atoms with Crippen LogP contribution in [0, 0.1) is 0 Å². The smallest absolute Gasteiger partial charge is 0.262 e. The highest BCUT2D eigenvalue weighted by atomic mass is 16.5. The van der Waals surface area contributed by atoms with E-state index >= 15 is 0 Å². The molecule has 4 N–H and O–H groups in total. The first-order chi connectivity index (χ1) is 16.9. The molecule has 10 heteroatoms. The second-order valence-corrected chi connectivity index (χ2v) is 7.14. The lowest BCUT2D eigenvalue weighted by atomic mass is 10.1. The van der Waals surface area contributed by atoms with Crippen molar-refractivity contribution in [3.8, 4) is 23.0 Å². The van der Waals surface area contributed by atoms with Crippen molar-refractivity contribution in [1.82, 2.24) is 0 Å². The highest BCUT2D eigenvalue weighted by Gasteiger charge is 2.13. The average Bonchev–Trinajstić information content (AvgIpc) is 2.86. The number of methoxy groups -OCH3 is 2. The second kappa shape index (κ2) is 11.9. The van der Waals surface area contributed by atoms with E-state index in [9.17, 15) is 14.4 Å². The largest absolute Gasteiger partial charge is 0.493 e. The Kier molecular flexibility index (Phi) is 8.49. The summed E-state index contributed by atoms with van der Waals surface area (Å²) in [6.07, 6.45) is 0. The molecule has 3 aromatic carbocycles. The molecule has 0 unspecified atom stereocenters. The standard InChI is InChI=1S/C25H25N3O7/c1-32-19-8-3-4-9-20(19)35-15-24(30)27-17-6-5-7-18(13-17)28-25(31)16-10-11-21(22(12-16)33-2)34-14-23(26)29/h3-13H,14-15H2,1-2H3,(H2,26,29)(H,27,30)(H,28,31). The first-order valence-electron chi connectivity index (χ1n) is 10.5. The lowest BCUT2D eigenvalue weighted by molar-refractivity contribution is -0.120. The molecule has 0 aromatic heterocycles. The van der Waals surface area contributed by atoms with Gasteiger partial charge in [-0.1, -0.05) is 18.2 Å². The van der Waals surface area contributed by atoms with Crippen LogP contribution in [0.2, 0.25) is 0 Å². The number of carbonyl (C=O) groups is 3. The van der Waals surface area contributed by atoms with Gasteiger partial charge in [0.2, 0.25) is 0 Å². The number of hydrogen-bond donors (Lipinski definition) is 3. The van der Waals surface area contributed by atoms with E-state index in [2.05, 4.69) is 10.6 Å². The van der Waals surface area contributed by atoms with Gasteiger partial charge in [0, 0.05) is 16.9 Å². The van der Waals surface area contributed by atoms with Gasteiger partial charge in [-0.25, -0.2) is 0 Å². The summed E-state index contributed by atoms with van der Waals surface area (Å²) in [5, 5.41) is 5.48. The summed E-state index contributed by atoms with van der Waals surface area (Å²) in [7, 11) is 2.93. The third kappa shape index (κ3) is 7.13. The van der Waals surface area contributed by atoms with Gasteiger partial charge in [-0.2, -0.15) is 0 Å². The predicted octanol–water partition coefficient (Wildman–Crippen LogP) is 2.84. The zero-order valence-electron chi connectivity index (χ0n) is 19.2. The van der Waals surface area contributed by atoms with E-state index in [0.29, 0.717) is 28.4 Å². The zero-order valence-corrected chi connectivity index (χ0v) is 19.2. The number of rotatable bonds is 11. The summed E-state index contributed by atoms with van der Waals surface area (Å²) >= 11 is 0. The Morgan fingerprint density at radius 1 is 0.714 bits per heavy atom. The Morgan fingerprint density at radius 3 is 2.03 bits per heavy atom. The maximum Gasteiger partial charge on any atom is 0.262 e. The van der Waals surface area contributed by atoms with Gasteiger partial charge in [-0.05, 0) is 48.5 Å². The van der Waals surface area contributed by atoms with E-state index < -0.39 is 11.8 Å². The van der Waals surface area contributed by atoms with E-state index in [1.54, 1.807) is 48.5 Å². The predicted molar refractivity (Wildman–Crippen MR) is 129 cm³/mol. The van der Waals surface area contributed by atoms with E-state index in [1.165, 1.54) is 32.4 Å². The molecule has 3 rings (SSSR count). The Balaban J connectivity index is 1.61. The Labute approximate surface area is 201 Å². The van der Waals surface area contributed by atoms with Gasteiger partial charge < -0.3 is 35.3 Å². The average molecular weight is 479 g/mol. The fraction of sp³-hybridized carbons (Fsp3) is 0.160. The summed E-state index contributed by atoms with van der Waals surface area (Å²) in [5.74, 6) is 0.107. The molecule has 0 fully saturated rings. The number of benzene rings is 3. The maximum absolute atomic E-state index is 12.7. The molecule has 0 aliphatic rings. The molecule has 0 spiro atoms. The van der Waals surface area contributed by atoms with Crippen LogP contribution in [0.5, 0.6) is 23.0 Å². The topological polar surface area (TPSA) is 138 Å². The van der Waals surface area contributed by atoms with Crippen molar-refractivity contribution in [2.24, 2.45) is 5.73 Å². The number of ether oxygens (including phenoxy) is 4. The van der Waals surface area contributed by atoms with Crippen LogP contribution in [0.25, 0.3) is 0 Å². The SMILES string of the molecule is COc1cc(C(=O)Nc2cccc(NC(=O)COc3ccccc3OC)c2)ccc1OCC(N)=O. The van der Waals surface area contributed by atoms with Crippen molar-refractivity contribution < 1.29 is 33.3 Å². The van der Waals surface area contributed by atoms with Crippen LogP contribution in [-0.4, -0.2) is 45.2 Å². The lowest BCUT2D eigenvalue weighted by Crippen LogP contribution is -2.20. The number of para-hydroxylation sites is 2. The summed E-state index contributed by atoms with van der Waals surface area (Å²) in [6, 6.07) is 18.2. The fourth-order valence-corrected chi connectivity index (χ4v) is 3.03. The molecule has 0 radical (unpaired) electrons. The summed E-state index contributed by atoms with van der Waals surface area (Å²) in [6.45, 7) is -0.536. The first kappa shape index (κ1) is 24.9. The highest BCUT2D eigenvalue weighted by Crippen LogP contribution is 2.29. The third-order valence-corrected chi connectivity index (χ3v) is 4.63. The normalized spacial score (nSPS) is 10.1. The number of nitrogens with one attached hydrogen (secondary N) is 2. The van der Waals surface area contributed by atoms with Crippen LogP contribution in [0.15, 0.2) is 66.7 Å². The first-order valence-corrected chi connectivity index (χ1v) is 10.5. The third-order valence-electron chi connectivity index (χ3n) is 4.63.